The Balaban J connectivity index is 1.78. The van der Waals surface area contributed by atoms with Gasteiger partial charge in [0.1, 0.15) is 0 Å². The molecule has 0 aromatic rings. The van der Waals surface area contributed by atoms with Crippen LogP contribution in [0.1, 0.15) is 26.2 Å². The summed E-state index contributed by atoms with van der Waals surface area (Å²) >= 11 is 1.85. The van der Waals surface area contributed by atoms with Crippen molar-refractivity contribution in [2.75, 3.05) is 18.8 Å². The largest absolute Gasteiger partial charge is 0.353 e. The Kier molecular flexibility index (Phi) is 3.63. The van der Waals surface area contributed by atoms with Gasteiger partial charge in [0.05, 0.1) is 12.6 Å². The summed E-state index contributed by atoms with van der Waals surface area (Å²) in [5.41, 5.74) is 0. The Labute approximate surface area is 104 Å². The van der Waals surface area contributed by atoms with Crippen molar-refractivity contribution >= 4 is 17.7 Å². The van der Waals surface area contributed by atoms with Crippen LogP contribution in [-0.2, 0) is 4.79 Å². The highest BCUT2D eigenvalue weighted by molar-refractivity contribution is 8.00. The normalized spacial score (nSPS) is 36.1. The van der Waals surface area contributed by atoms with Crippen LogP contribution in [-0.4, -0.2) is 41.5 Å². The Morgan fingerprint density at radius 3 is 2.88 bits per heavy atom. The highest BCUT2D eigenvalue weighted by Gasteiger charge is 2.42. The zero-order valence-corrected chi connectivity index (χ0v) is 10.7. The molecule has 2 rings (SSSR count). The van der Waals surface area contributed by atoms with E-state index >= 15 is 0 Å². The van der Waals surface area contributed by atoms with E-state index in [1.165, 1.54) is 0 Å². The summed E-state index contributed by atoms with van der Waals surface area (Å²) in [5, 5.41) is 5.35. The first kappa shape index (κ1) is 13.1. The molecule has 2 aliphatic rings. The lowest BCUT2D eigenvalue weighted by Gasteiger charge is -2.23. The Bertz CT molecular complexity index is 306. The summed E-state index contributed by atoms with van der Waals surface area (Å²) in [6.45, 7) is 2.29. The molecule has 0 saturated carbocycles. The molecular formula is C11H18F2N2OS. The lowest BCUT2D eigenvalue weighted by Crippen LogP contribution is -2.45. The molecule has 0 aliphatic carbocycles. The van der Waals surface area contributed by atoms with E-state index in [1.54, 1.807) is 0 Å². The summed E-state index contributed by atoms with van der Waals surface area (Å²) < 4.78 is 25.9. The predicted octanol–water partition coefficient (Wildman–Crippen LogP) is 1.39. The molecule has 0 radical (unpaired) electrons. The van der Waals surface area contributed by atoms with E-state index < -0.39 is 18.5 Å². The van der Waals surface area contributed by atoms with Crippen LogP contribution in [0.5, 0.6) is 0 Å². The minimum Gasteiger partial charge on any atom is -0.353 e. The van der Waals surface area contributed by atoms with Crippen LogP contribution in [0.3, 0.4) is 0 Å². The number of halogens is 2. The Morgan fingerprint density at radius 1 is 1.59 bits per heavy atom. The average molecular weight is 264 g/mol. The van der Waals surface area contributed by atoms with Gasteiger partial charge in [0.25, 0.3) is 5.92 Å². The number of carbonyl (C=O) groups excluding carboxylic acids is 1. The number of thioether (sulfide) groups is 1. The van der Waals surface area contributed by atoms with Crippen molar-refractivity contribution in [1.29, 1.82) is 0 Å². The smallest absolute Gasteiger partial charge is 0.262 e. The predicted molar refractivity (Wildman–Crippen MR) is 64.5 cm³/mol. The fourth-order valence-electron chi connectivity index (χ4n) is 2.27. The van der Waals surface area contributed by atoms with Gasteiger partial charge in [-0.05, 0) is 25.5 Å². The van der Waals surface area contributed by atoms with E-state index in [1.807, 2.05) is 11.8 Å². The van der Waals surface area contributed by atoms with Gasteiger partial charge >= 0.3 is 0 Å². The monoisotopic (exact) mass is 264 g/mol. The molecule has 1 amide bonds. The molecule has 3 nitrogen and oxygen atoms in total. The molecule has 2 aliphatic heterocycles. The number of alkyl halides is 2. The lowest BCUT2D eigenvalue weighted by atomic mass is 10.1. The molecule has 0 spiro atoms. The number of carbonyl (C=O) groups is 1. The molecule has 2 saturated heterocycles. The molecule has 98 valence electrons. The third-order valence-corrected chi connectivity index (χ3v) is 4.90. The number of amides is 1. The van der Waals surface area contributed by atoms with Crippen molar-refractivity contribution in [3.05, 3.63) is 0 Å². The molecule has 2 fully saturated rings. The van der Waals surface area contributed by atoms with Gasteiger partial charge in [-0.25, -0.2) is 8.78 Å². The van der Waals surface area contributed by atoms with Gasteiger partial charge < -0.3 is 5.32 Å². The first-order chi connectivity index (χ1) is 7.90. The summed E-state index contributed by atoms with van der Waals surface area (Å²) in [4.78, 5) is 11.7. The van der Waals surface area contributed by atoms with E-state index in [9.17, 15) is 13.6 Å². The Morgan fingerprint density at radius 2 is 2.35 bits per heavy atom. The van der Waals surface area contributed by atoms with Crippen LogP contribution < -0.4 is 10.6 Å². The van der Waals surface area contributed by atoms with E-state index in [0.717, 1.165) is 18.6 Å². The summed E-state index contributed by atoms with van der Waals surface area (Å²) in [5.74, 6) is -1.92. The number of nitrogens with one attached hydrogen (secondary N) is 2. The SMILES string of the molecule is CC1(CNC(=O)C2CC(F)(F)CN2)CCCS1. The Hall–Kier alpha value is -0.360. The standard InChI is InChI=1S/C11H18F2N2OS/c1-10(3-2-4-17-10)6-15-9(16)8-5-11(12,13)7-14-8/h8,14H,2-7H2,1H3,(H,15,16). The fourth-order valence-corrected chi connectivity index (χ4v) is 3.52. The van der Waals surface area contributed by atoms with Gasteiger partial charge in [-0.1, -0.05) is 0 Å². The summed E-state index contributed by atoms with van der Waals surface area (Å²) in [7, 11) is 0. The molecule has 6 heteroatoms. The second-order valence-corrected chi connectivity index (χ2v) is 6.80. The van der Waals surface area contributed by atoms with Crippen molar-refractivity contribution in [1.82, 2.24) is 10.6 Å². The number of hydrogen-bond acceptors (Lipinski definition) is 3. The molecule has 2 unspecified atom stereocenters. The topological polar surface area (TPSA) is 41.1 Å². The second kappa shape index (κ2) is 4.72. The van der Waals surface area contributed by atoms with Crippen LogP contribution in [0, 0.1) is 0 Å². The molecule has 0 bridgehead atoms. The lowest BCUT2D eigenvalue weighted by molar-refractivity contribution is -0.123. The van der Waals surface area contributed by atoms with Gasteiger partial charge in [0, 0.05) is 17.7 Å². The van der Waals surface area contributed by atoms with Crippen molar-refractivity contribution in [2.45, 2.75) is 42.9 Å². The zero-order chi connectivity index (χ0) is 12.5. The van der Waals surface area contributed by atoms with Crippen LogP contribution in [0.4, 0.5) is 8.78 Å². The van der Waals surface area contributed by atoms with Crippen LogP contribution >= 0.6 is 11.8 Å². The minimum atomic E-state index is -2.74. The van der Waals surface area contributed by atoms with E-state index in [2.05, 4.69) is 17.6 Å². The molecule has 0 aromatic heterocycles. The molecule has 2 N–H and O–H groups in total. The average Bonchev–Trinajstić information content (AvgIpc) is 2.82. The van der Waals surface area contributed by atoms with E-state index in [4.69, 9.17) is 0 Å². The minimum absolute atomic E-state index is 0.0801. The third-order valence-electron chi connectivity index (χ3n) is 3.36. The van der Waals surface area contributed by atoms with Gasteiger partial charge in [-0.15, -0.1) is 0 Å². The van der Waals surface area contributed by atoms with Crippen LogP contribution in [0.25, 0.3) is 0 Å². The van der Waals surface area contributed by atoms with Crippen molar-refractivity contribution in [3.63, 3.8) is 0 Å². The van der Waals surface area contributed by atoms with E-state index in [0.29, 0.717) is 6.54 Å². The molecule has 0 aromatic carbocycles. The van der Waals surface area contributed by atoms with Crippen molar-refractivity contribution in [3.8, 4) is 0 Å². The summed E-state index contributed by atoms with van der Waals surface area (Å²) in [6.07, 6.45) is 1.85. The third kappa shape index (κ3) is 3.31. The second-order valence-electron chi connectivity index (χ2n) is 5.11. The molecule has 17 heavy (non-hydrogen) atoms. The summed E-state index contributed by atoms with van der Waals surface area (Å²) in [6, 6.07) is -0.736. The van der Waals surface area contributed by atoms with Crippen molar-refractivity contribution < 1.29 is 13.6 Å². The number of rotatable bonds is 3. The zero-order valence-electron chi connectivity index (χ0n) is 9.89. The van der Waals surface area contributed by atoms with Gasteiger partial charge in [0.15, 0.2) is 0 Å². The maximum Gasteiger partial charge on any atom is 0.262 e. The highest BCUT2D eigenvalue weighted by Crippen LogP contribution is 2.37. The van der Waals surface area contributed by atoms with Gasteiger partial charge in [0.2, 0.25) is 5.91 Å². The molecule has 2 heterocycles. The van der Waals surface area contributed by atoms with Crippen LogP contribution in [0.2, 0.25) is 0 Å². The molecular weight excluding hydrogens is 246 g/mol. The maximum absolute atomic E-state index is 12.9. The highest BCUT2D eigenvalue weighted by atomic mass is 32.2. The van der Waals surface area contributed by atoms with E-state index in [-0.39, 0.29) is 17.1 Å². The fraction of sp³-hybridized carbons (Fsp3) is 0.909. The first-order valence-corrected chi connectivity index (χ1v) is 6.92. The molecule has 2 atom stereocenters. The maximum atomic E-state index is 12.9. The van der Waals surface area contributed by atoms with Gasteiger partial charge in [-0.2, -0.15) is 11.8 Å². The first-order valence-electron chi connectivity index (χ1n) is 5.93. The van der Waals surface area contributed by atoms with Gasteiger partial charge in [-0.3, -0.25) is 10.1 Å². The van der Waals surface area contributed by atoms with Crippen molar-refractivity contribution in [2.24, 2.45) is 0 Å². The quantitative estimate of drug-likeness (QED) is 0.809. The van der Waals surface area contributed by atoms with Crippen LogP contribution in [0.15, 0.2) is 0 Å². The number of hydrogen-bond donors (Lipinski definition) is 2.